The number of hydrogen-bond acceptors (Lipinski definition) is 2. The Balaban J connectivity index is 1.71. The smallest absolute Gasteiger partial charge is 0.127 e. The highest BCUT2D eigenvalue weighted by molar-refractivity contribution is 6.24. The number of H-pyrrole nitrogens is 1. The molecule has 1 unspecified atom stereocenters. The largest absolute Gasteiger partial charge is 0.364 e. The number of rotatable bonds is 11. The average molecular weight is 515 g/mol. The van der Waals surface area contributed by atoms with Gasteiger partial charge in [0.15, 0.2) is 0 Å². The number of aromatic nitrogens is 1. The summed E-state index contributed by atoms with van der Waals surface area (Å²) in [5.41, 5.74) is 8.30. The van der Waals surface area contributed by atoms with Crippen molar-refractivity contribution in [2.45, 2.75) is 45.1 Å². The molecule has 1 aromatic heterocycles. The lowest BCUT2D eigenvalue weighted by molar-refractivity contribution is 0.770. The average Bonchev–Trinajstić information content (AvgIpc) is 3.42. The molecule has 4 heteroatoms. The van der Waals surface area contributed by atoms with Crippen molar-refractivity contribution in [3.63, 3.8) is 0 Å². The number of amidine groups is 1. The van der Waals surface area contributed by atoms with E-state index in [1.807, 2.05) is 36.6 Å². The molecule has 2 aliphatic rings. The lowest BCUT2D eigenvalue weighted by Gasteiger charge is -2.30. The third-order valence-electron chi connectivity index (χ3n) is 6.74. The van der Waals surface area contributed by atoms with Crippen LogP contribution in [0.25, 0.3) is 11.6 Å². The second kappa shape index (κ2) is 13.9. The molecule has 3 N–H and O–H groups in total. The fourth-order valence-electron chi connectivity index (χ4n) is 4.75. The van der Waals surface area contributed by atoms with Crippen molar-refractivity contribution in [3.8, 4) is 0 Å². The van der Waals surface area contributed by atoms with E-state index in [-0.39, 0.29) is 6.04 Å². The SMILES string of the molecule is C=CCCC=CC(=CC1NC(=N)/C(=C2/C=Cc3cc[nH]c3C2)c2ccccc21)/N=C(\C=C)C=C/C=C\CCC. The second-order valence-corrected chi connectivity index (χ2v) is 9.58. The number of aromatic amines is 1. The van der Waals surface area contributed by atoms with E-state index in [1.165, 1.54) is 11.3 Å². The van der Waals surface area contributed by atoms with Gasteiger partial charge < -0.3 is 10.3 Å². The molecule has 0 bridgehead atoms. The van der Waals surface area contributed by atoms with Crippen LogP contribution in [0, 0.1) is 5.41 Å². The molecule has 1 atom stereocenters. The molecular weight excluding hydrogens is 476 g/mol. The van der Waals surface area contributed by atoms with Crippen LogP contribution in [0.5, 0.6) is 0 Å². The van der Waals surface area contributed by atoms with Crippen molar-refractivity contribution in [3.05, 3.63) is 144 Å². The lowest BCUT2D eigenvalue weighted by atomic mass is 9.84. The van der Waals surface area contributed by atoms with E-state index in [4.69, 9.17) is 10.4 Å². The highest BCUT2D eigenvalue weighted by Gasteiger charge is 2.28. The van der Waals surface area contributed by atoms with Gasteiger partial charge in [-0.1, -0.05) is 86.7 Å². The van der Waals surface area contributed by atoms with Gasteiger partial charge in [0.2, 0.25) is 0 Å². The molecule has 0 saturated carbocycles. The molecule has 39 heavy (non-hydrogen) atoms. The maximum atomic E-state index is 9.01. The van der Waals surface area contributed by atoms with Gasteiger partial charge in [-0.3, -0.25) is 5.41 Å². The number of fused-ring (bicyclic) bond motifs is 2. The van der Waals surface area contributed by atoms with Gasteiger partial charge in [-0.25, -0.2) is 4.99 Å². The highest BCUT2D eigenvalue weighted by Crippen LogP contribution is 2.36. The quantitative estimate of drug-likeness (QED) is 0.119. The molecule has 0 spiro atoms. The maximum absolute atomic E-state index is 9.01. The molecular formula is C35H38N4. The van der Waals surface area contributed by atoms with E-state index in [2.05, 4.69) is 91.1 Å². The van der Waals surface area contributed by atoms with E-state index >= 15 is 0 Å². The normalized spacial score (nSPS) is 19.5. The van der Waals surface area contributed by atoms with Crippen molar-refractivity contribution in [1.82, 2.24) is 10.3 Å². The van der Waals surface area contributed by atoms with Crippen molar-refractivity contribution in [2.24, 2.45) is 4.99 Å². The van der Waals surface area contributed by atoms with Crippen LogP contribution >= 0.6 is 0 Å². The van der Waals surface area contributed by atoms with Crippen LogP contribution in [0.4, 0.5) is 0 Å². The molecule has 0 fully saturated rings. The first-order valence-electron chi connectivity index (χ1n) is 13.7. The molecule has 2 heterocycles. The summed E-state index contributed by atoms with van der Waals surface area (Å²) in [6.07, 6.45) is 29.1. The monoisotopic (exact) mass is 514 g/mol. The first-order valence-corrected chi connectivity index (χ1v) is 13.7. The minimum Gasteiger partial charge on any atom is -0.364 e. The Labute approximate surface area is 232 Å². The molecule has 4 rings (SSSR count). The van der Waals surface area contributed by atoms with Gasteiger partial charge in [0.25, 0.3) is 0 Å². The van der Waals surface area contributed by atoms with Gasteiger partial charge in [0, 0.05) is 23.9 Å². The summed E-state index contributed by atoms with van der Waals surface area (Å²) in [5, 5.41) is 12.5. The first kappa shape index (κ1) is 27.6. The van der Waals surface area contributed by atoms with Crippen LogP contribution in [-0.4, -0.2) is 16.5 Å². The zero-order valence-corrected chi connectivity index (χ0v) is 22.8. The topological polar surface area (TPSA) is 64.0 Å². The molecule has 1 aromatic carbocycles. The Morgan fingerprint density at radius 2 is 1.92 bits per heavy atom. The van der Waals surface area contributed by atoms with Crippen LogP contribution in [0.3, 0.4) is 0 Å². The Hall–Kier alpha value is -4.44. The van der Waals surface area contributed by atoms with Crippen molar-refractivity contribution < 1.29 is 0 Å². The van der Waals surface area contributed by atoms with Crippen molar-refractivity contribution in [1.29, 1.82) is 5.41 Å². The summed E-state index contributed by atoms with van der Waals surface area (Å²) in [6.45, 7) is 9.97. The predicted octanol–water partition coefficient (Wildman–Crippen LogP) is 8.61. The van der Waals surface area contributed by atoms with E-state index in [0.717, 1.165) is 65.8 Å². The molecule has 0 radical (unpaired) electrons. The summed E-state index contributed by atoms with van der Waals surface area (Å²) in [6, 6.07) is 10.3. The molecule has 2 aromatic rings. The van der Waals surface area contributed by atoms with E-state index in [9.17, 15) is 0 Å². The zero-order chi connectivity index (χ0) is 27.5. The van der Waals surface area contributed by atoms with Crippen LogP contribution in [0.1, 0.15) is 61.0 Å². The number of nitrogens with zero attached hydrogens (tertiary/aromatic N) is 1. The van der Waals surface area contributed by atoms with Crippen LogP contribution in [-0.2, 0) is 6.42 Å². The fraction of sp³-hybridized carbons (Fsp3) is 0.200. The summed E-state index contributed by atoms with van der Waals surface area (Å²) in [7, 11) is 0. The fourth-order valence-corrected chi connectivity index (χ4v) is 4.75. The van der Waals surface area contributed by atoms with Crippen molar-refractivity contribution in [2.75, 3.05) is 0 Å². The first-order chi connectivity index (χ1) is 19.1. The number of allylic oxidation sites excluding steroid dienone is 10. The number of benzene rings is 1. The minimum atomic E-state index is -0.186. The Morgan fingerprint density at radius 3 is 2.74 bits per heavy atom. The number of nitrogens with one attached hydrogen (secondary N) is 3. The number of aliphatic imine (C=N–C) groups is 1. The zero-order valence-electron chi connectivity index (χ0n) is 22.8. The van der Waals surface area contributed by atoms with Crippen LogP contribution in [0.2, 0.25) is 0 Å². The summed E-state index contributed by atoms with van der Waals surface area (Å²) in [5.74, 6) is 0.425. The molecule has 0 amide bonds. The molecule has 4 nitrogen and oxygen atoms in total. The van der Waals surface area contributed by atoms with E-state index < -0.39 is 0 Å². The highest BCUT2D eigenvalue weighted by atomic mass is 15.0. The second-order valence-electron chi connectivity index (χ2n) is 9.58. The molecule has 0 saturated heterocycles. The third kappa shape index (κ3) is 7.11. The lowest BCUT2D eigenvalue weighted by Crippen LogP contribution is -2.34. The van der Waals surface area contributed by atoms with Gasteiger partial charge in [0.1, 0.15) is 5.84 Å². The summed E-state index contributed by atoms with van der Waals surface area (Å²) >= 11 is 0. The molecule has 1 aliphatic heterocycles. The van der Waals surface area contributed by atoms with Gasteiger partial charge in [-0.05, 0) is 71.9 Å². The summed E-state index contributed by atoms with van der Waals surface area (Å²) < 4.78 is 0. The van der Waals surface area contributed by atoms with Crippen molar-refractivity contribution >= 4 is 23.2 Å². The molecule has 198 valence electrons. The Morgan fingerprint density at radius 1 is 1.05 bits per heavy atom. The van der Waals surface area contributed by atoms with Crippen LogP contribution < -0.4 is 5.32 Å². The van der Waals surface area contributed by atoms with Gasteiger partial charge >= 0.3 is 0 Å². The Kier molecular flexibility index (Phi) is 9.85. The third-order valence-corrected chi connectivity index (χ3v) is 6.74. The number of unbranched alkanes of at least 4 members (excludes halogenated alkanes) is 2. The Bertz CT molecular complexity index is 1420. The predicted molar refractivity (Wildman–Crippen MR) is 168 cm³/mol. The molecule has 1 aliphatic carbocycles. The standard InChI is InChI=1S/C35H38N4/c1-4-7-9-11-13-16-28(6-3)38-29(17-12-10-8-5-2)25-33-30-18-14-15-19-31(30)34(35(36)39-33)27-21-20-26-22-23-37-32(26)24-27/h5-6,9,11-23,25,33,37H,2-4,7-8,10,24H2,1H3,(H2,36,39)/b11-9-,16-13?,17-12?,29-25?,34-27-,38-28+. The van der Waals surface area contributed by atoms with Gasteiger partial charge in [0.05, 0.1) is 17.5 Å². The summed E-state index contributed by atoms with van der Waals surface area (Å²) in [4.78, 5) is 8.26. The number of hydrogen-bond donors (Lipinski definition) is 3. The minimum absolute atomic E-state index is 0.186. The van der Waals surface area contributed by atoms with E-state index in [1.54, 1.807) is 6.08 Å². The van der Waals surface area contributed by atoms with Gasteiger partial charge in [-0.2, -0.15) is 0 Å². The van der Waals surface area contributed by atoms with Gasteiger partial charge in [-0.15, -0.1) is 6.58 Å². The van der Waals surface area contributed by atoms with Crippen LogP contribution in [0.15, 0.2) is 127 Å². The van der Waals surface area contributed by atoms with E-state index in [0.29, 0.717) is 5.84 Å². The maximum Gasteiger partial charge on any atom is 0.127 e.